The molecule has 4 nitrogen and oxygen atoms in total. The van der Waals surface area contributed by atoms with E-state index in [1.807, 2.05) is 0 Å². The van der Waals surface area contributed by atoms with E-state index >= 15 is 0 Å². The van der Waals surface area contributed by atoms with Gasteiger partial charge >= 0.3 is 0 Å². The van der Waals surface area contributed by atoms with Crippen LogP contribution in [0.3, 0.4) is 0 Å². The largest absolute Gasteiger partial charge is 0.383 e. The molecule has 3 N–H and O–H groups in total. The number of aliphatic hydroxyl groups is 1. The van der Waals surface area contributed by atoms with Gasteiger partial charge in [0.2, 0.25) is 0 Å². The number of ether oxygens (including phenoxy) is 1. The number of nitrogen functional groups attached to an aromatic ring is 1. The summed E-state index contributed by atoms with van der Waals surface area (Å²) in [6.07, 6.45) is -0.929. The third kappa shape index (κ3) is 2.29. The van der Waals surface area contributed by atoms with E-state index in [1.54, 1.807) is 13.0 Å². The van der Waals surface area contributed by atoms with Crippen LogP contribution in [0, 0.1) is 10.5 Å². The number of methoxy groups -OCH3 is 1. The fourth-order valence-electron chi connectivity index (χ4n) is 0.990. The summed E-state index contributed by atoms with van der Waals surface area (Å²) in [6.45, 7) is 1.78. The number of anilines is 1. The number of hydrogen-bond acceptors (Lipinski definition) is 4. The van der Waals surface area contributed by atoms with Crippen molar-refractivity contribution in [3.8, 4) is 0 Å². The van der Waals surface area contributed by atoms with E-state index in [9.17, 15) is 5.11 Å². The van der Waals surface area contributed by atoms with E-state index in [1.165, 1.54) is 7.11 Å². The van der Waals surface area contributed by atoms with E-state index < -0.39 is 6.29 Å². The lowest BCUT2D eigenvalue weighted by Crippen LogP contribution is -2.06. The van der Waals surface area contributed by atoms with Gasteiger partial charge in [-0.3, -0.25) is 0 Å². The molecule has 0 saturated heterocycles. The Balaban J connectivity index is 3.15. The van der Waals surface area contributed by atoms with Gasteiger partial charge in [0.15, 0.2) is 6.29 Å². The summed E-state index contributed by atoms with van der Waals surface area (Å²) in [6, 6.07) is 1.77. The zero-order chi connectivity index (χ0) is 10.0. The second kappa shape index (κ2) is 4.21. The average Bonchev–Trinajstić information content (AvgIpc) is 2.10. The summed E-state index contributed by atoms with van der Waals surface area (Å²) in [5.41, 5.74) is 6.93. The maximum Gasteiger partial charge on any atom is 0.182 e. The Bertz CT molecular complexity index is 317. The lowest BCUT2D eigenvalue weighted by Gasteiger charge is -2.12. The molecule has 0 fully saturated rings. The zero-order valence-electron chi connectivity index (χ0n) is 7.41. The molecule has 1 atom stereocenters. The number of nitrogens with two attached hydrogens (primary N) is 1. The fourth-order valence-corrected chi connectivity index (χ4v) is 1.45. The predicted octanol–water partition coefficient (Wildman–Crippen LogP) is 1.21. The van der Waals surface area contributed by atoms with Gasteiger partial charge in [0.25, 0.3) is 0 Å². The molecule has 0 amide bonds. The summed E-state index contributed by atoms with van der Waals surface area (Å²) in [5, 5.41) is 9.42. The van der Waals surface area contributed by atoms with E-state index in [-0.39, 0.29) is 0 Å². The average molecular weight is 294 g/mol. The van der Waals surface area contributed by atoms with Crippen molar-refractivity contribution in [1.29, 1.82) is 0 Å². The van der Waals surface area contributed by atoms with Crippen molar-refractivity contribution in [2.75, 3.05) is 12.8 Å². The summed E-state index contributed by atoms with van der Waals surface area (Å²) in [4.78, 5) is 4.07. The number of aryl methyl sites for hydroxylation is 1. The van der Waals surface area contributed by atoms with Crippen LogP contribution in [0.1, 0.15) is 17.5 Å². The number of rotatable bonds is 2. The van der Waals surface area contributed by atoms with Gasteiger partial charge in [0, 0.05) is 18.4 Å². The first-order valence-corrected chi connectivity index (χ1v) is 4.77. The lowest BCUT2D eigenvalue weighted by atomic mass is 10.2. The van der Waals surface area contributed by atoms with E-state index in [0.29, 0.717) is 17.1 Å². The molecule has 0 aliphatic heterocycles. The molecule has 1 aromatic heterocycles. The first kappa shape index (κ1) is 10.7. The van der Waals surface area contributed by atoms with Crippen molar-refractivity contribution in [2.45, 2.75) is 13.2 Å². The van der Waals surface area contributed by atoms with Gasteiger partial charge in [-0.25, -0.2) is 4.98 Å². The van der Waals surface area contributed by atoms with E-state index in [0.717, 1.165) is 3.57 Å². The smallest absolute Gasteiger partial charge is 0.182 e. The summed E-state index contributed by atoms with van der Waals surface area (Å²) < 4.78 is 5.60. The van der Waals surface area contributed by atoms with Gasteiger partial charge in [0.05, 0.1) is 3.57 Å². The first-order chi connectivity index (χ1) is 6.06. The summed E-state index contributed by atoms with van der Waals surface area (Å²) >= 11 is 2.06. The molecule has 0 bridgehead atoms. The van der Waals surface area contributed by atoms with Crippen LogP contribution in [0.25, 0.3) is 0 Å². The van der Waals surface area contributed by atoms with Crippen molar-refractivity contribution < 1.29 is 9.84 Å². The molecule has 1 unspecified atom stereocenters. The Morgan fingerprint density at radius 1 is 1.69 bits per heavy atom. The van der Waals surface area contributed by atoms with Crippen molar-refractivity contribution in [1.82, 2.24) is 4.98 Å². The van der Waals surface area contributed by atoms with E-state index in [4.69, 9.17) is 10.5 Å². The van der Waals surface area contributed by atoms with Gasteiger partial charge in [-0.1, -0.05) is 0 Å². The van der Waals surface area contributed by atoms with Crippen molar-refractivity contribution >= 4 is 28.4 Å². The Morgan fingerprint density at radius 3 is 2.85 bits per heavy atom. The van der Waals surface area contributed by atoms with Crippen LogP contribution in [-0.2, 0) is 4.74 Å². The highest BCUT2D eigenvalue weighted by atomic mass is 127. The van der Waals surface area contributed by atoms with Gasteiger partial charge in [-0.05, 0) is 35.6 Å². The molecule has 72 valence electrons. The van der Waals surface area contributed by atoms with Crippen LogP contribution in [0.4, 0.5) is 5.82 Å². The number of pyridine rings is 1. The number of aliphatic hydroxyl groups excluding tert-OH is 1. The molecule has 1 rings (SSSR count). The van der Waals surface area contributed by atoms with Gasteiger partial charge < -0.3 is 15.6 Å². The first-order valence-electron chi connectivity index (χ1n) is 3.69. The van der Waals surface area contributed by atoms with Crippen LogP contribution in [0.5, 0.6) is 0 Å². The summed E-state index contributed by atoms with van der Waals surface area (Å²) in [5.74, 6) is 0.477. The predicted molar refractivity (Wildman–Crippen MR) is 58.1 cm³/mol. The standard InChI is InChI=1S/C8H11IN2O2/c1-4-5(8(12)13-2)3-6(9)7(10)11-4/h3,8,12H,1-2H3,(H2,10,11). The molecule has 0 aromatic carbocycles. The quantitative estimate of drug-likeness (QED) is 0.635. The lowest BCUT2D eigenvalue weighted by molar-refractivity contribution is -0.0775. The molecule has 13 heavy (non-hydrogen) atoms. The van der Waals surface area contributed by atoms with Crippen molar-refractivity contribution in [3.05, 3.63) is 20.9 Å². The third-order valence-electron chi connectivity index (χ3n) is 1.72. The van der Waals surface area contributed by atoms with Crippen LogP contribution in [-0.4, -0.2) is 17.2 Å². The van der Waals surface area contributed by atoms with Crippen LogP contribution in [0.15, 0.2) is 6.07 Å². The SMILES string of the molecule is COC(O)c1cc(I)c(N)nc1C. The fraction of sp³-hybridized carbons (Fsp3) is 0.375. The third-order valence-corrected chi connectivity index (χ3v) is 2.59. The molecular weight excluding hydrogens is 283 g/mol. The Kier molecular flexibility index (Phi) is 3.46. The monoisotopic (exact) mass is 294 g/mol. The second-order valence-electron chi connectivity index (χ2n) is 2.62. The number of hydrogen-bond donors (Lipinski definition) is 2. The highest BCUT2D eigenvalue weighted by Gasteiger charge is 2.12. The maximum atomic E-state index is 9.42. The molecule has 0 spiro atoms. The second-order valence-corrected chi connectivity index (χ2v) is 3.78. The molecule has 0 aliphatic rings. The van der Waals surface area contributed by atoms with Gasteiger partial charge in [-0.15, -0.1) is 0 Å². The minimum Gasteiger partial charge on any atom is -0.383 e. The molecule has 1 aromatic rings. The molecule has 1 heterocycles. The van der Waals surface area contributed by atoms with Crippen molar-refractivity contribution in [2.24, 2.45) is 0 Å². The van der Waals surface area contributed by atoms with Crippen molar-refractivity contribution in [3.63, 3.8) is 0 Å². The molecule has 0 radical (unpaired) electrons. The Morgan fingerprint density at radius 2 is 2.31 bits per heavy atom. The van der Waals surface area contributed by atoms with E-state index in [2.05, 4.69) is 27.6 Å². The highest BCUT2D eigenvalue weighted by Crippen LogP contribution is 2.22. The Hall–Kier alpha value is -0.400. The minimum atomic E-state index is -0.929. The molecule has 0 aliphatic carbocycles. The maximum absolute atomic E-state index is 9.42. The van der Waals surface area contributed by atoms with Crippen LogP contribution < -0.4 is 5.73 Å². The number of nitrogens with zero attached hydrogens (tertiary/aromatic N) is 1. The highest BCUT2D eigenvalue weighted by molar-refractivity contribution is 14.1. The molecule has 5 heteroatoms. The number of halogens is 1. The topological polar surface area (TPSA) is 68.4 Å². The minimum absolute atomic E-state index is 0.477. The van der Waals surface area contributed by atoms with Crippen LogP contribution in [0.2, 0.25) is 0 Å². The van der Waals surface area contributed by atoms with Crippen LogP contribution >= 0.6 is 22.6 Å². The zero-order valence-corrected chi connectivity index (χ0v) is 9.57. The van der Waals surface area contributed by atoms with Gasteiger partial charge in [-0.2, -0.15) is 0 Å². The Labute approximate surface area is 90.3 Å². The molecule has 0 saturated carbocycles. The molecular formula is C8H11IN2O2. The van der Waals surface area contributed by atoms with Gasteiger partial charge in [0.1, 0.15) is 5.82 Å². The summed E-state index contributed by atoms with van der Waals surface area (Å²) in [7, 11) is 1.44. The number of aromatic nitrogens is 1. The normalized spacial score (nSPS) is 12.9.